The van der Waals surface area contributed by atoms with Crippen molar-refractivity contribution in [1.29, 1.82) is 0 Å². The molecule has 1 unspecified atom stereocenters. The Morgan fingerprint density at radius 3 is 2.78 bits per heavy atom. The van der Waals surface area contributed by atoms with Crippen molar-refractivity contribution in [2.24, 2.45) is 13.0 Å². The molecule has 1 heterocycles. The largest absolute Gasteiger partial charge is 0.350 e. The number of aromatic nitrogens is 2. The second-order valence-electron chi connectivity index (χ2n) is 7.97. The van der Waals surface area contributed by atoms with Crippen LogP contribution in [0, 0.1) is 5.92 Å². The van der Waals surface area contributed by atoms with Crippen LogP contribution in [0.1, 0.15) is 54.0 Å². The number of carbonyl (C=O) groups is 1. The zero-order valence-corrected chi connectivity index (χ0v) is 16.8. The van der Waals surface area contributed by atoms with Gasteiger partial charge >= 0.3 is 0 Å². The van der Waals surface area contributed by atoms with Crippen molar-refractivity contribution in [2.45, 2.75) is 52.0 Å². The first-order valence-corrected chi connectivity index (χ1v) is 10.1. The molecular weight excluding hydrogens is 336 g/mol. The lowest BCUT2D eigenvalue weighted by atomic mass is 9.91. The maximum Gasteiger partial charge on any atom is 0.272 e. The molecule has 0 fully saturated rings. The minimum atomic E-state index is -0.0504. The summed E-state index contributed by atoms with van der Waals surface area (Å²) in [5.74, 6) is 0.659. The van der Waals surface area contributed by atoms with E-state index in [1.807, 2.05) is 29.9 Å². The van der Waals surface area contributed by atoms with Crippen LogP contribution in [0.15, 0.2) is 30.3 Å². The smallest absolute Gasteiger partial charge is 0.272 e. The van der Waals surface area contributed by atoms with Crippen molar-refractivity contribution < 1.29 is 4.79 Å². The minimum absolute atomic E-state index is 0.0504. The molecule has 0 aliphatic heterocycles. The summed E-state index contributed by atoms with van der Waals surface area (Å²) >= 11 is 0. The monoisotopic (exact) mass is 368 g/mol. The SMILES string of the molecule is CC(C)CCNC1CCc2c(c(C(=O)NCCc3ccccc3)nn2C)C1. The van der Waals surface area contributed by atoms with E-state index in [1.54, 1.807) is 0 Å². The number of nitrogens with one attached hydrogen (secondary N) is 2. The standard InChI is InChI=1S/C22H32N4O/c1-16(2)11-13-23-18-9-10-20-19(15-18)21(25-26(20)3)22(27)24-14-12-17-7-5-4-6-8-17/h4-8,16,18,23H,9-15H2,1-3H3,(H,24,27). The lowest BCUT2D eigenvalue weighted by molar-refractivity contribution is 0.0947. The number of hydrogen-bond acceptors (Lipinski definition) is 3. The van der Waals surface area contributed by atoms with E-state index in [2.05, 4.69) is 41.7 Å². The van der Waals surface area contributed by atoms with Crippen LogP contribution in [-0.4, -0.2) is 34.8 Å². The van der Waals surface area contributed by atoms with Crippen molar-refractivity contribution in [3.63, 3.8) is 0 Å². The van der Waals surface area contributed by atoms with Crippen molar-refractivity contribution in [3.05, 3.63) is 52.8 Å². The second kappa shape index (κ2) is 9.18. The first-order valence-electron chi connectivity index (χ1n) is 10.1. The summed E-state index contributed by atoms with van der Waals surface area (Å²) in [6, 6.07) is 10.7. The molecule has 146 valence electrons. The third kappa shape index (κ3) is 5.19. The maximum atomic E-state index is 12.7. The molecule has 0 spiro atoms. The van der Waals surface area contributed by atoms with Crippen LogP contribution in [0.25, 0.3) is 0 Å². The molecule has 5 heteroatoms. The Morgan fingerprint density at radius 1 is 1.26 bits per heavy atom. The highest BCUT2D eigenvalue weighted by Gasteiger charge is 2.27. The van der Waals surface area contributed by atoms with E-state index in [4.69, 9.17) is 0 Å². The molecule has 5 nitrogen and oxygen atoms in total. The molecule has 27 heavy (non-hydrogen) atoms. The Morgan fingerprint density at radius 2 is 2.04 bits per heavy atom. The summed E-state index contributed by atoms with van der Waals surface area (Å²) < 4.78 is 1.89. The second-order valence-corrected chi connectivity index (χ2v) is 7.97. The van der Waals surface area contributed by atoms with Gasteiger partial charge in [0.15, 0.2) is 5.69 Å². The normalized spacial score (nSPS) is 16.4. The molecular formula is C22H32N4O. The number of fused-ring (bicyclic) bond motifs is 1. The quantitative estimate of drug-likeness (QED) is 0.753. The molecule has 0 bridgehead atoms. The summed E-state index contributed by atoms with van der Waals surface area (Å²) in [5.41, 5.74) is 4.18. The van der Waals surface area contributed by atoms with Gasteiger partial charge in [-0.3, -0.25) is 9.48 Å². The van der Waals surface area contributed by atoms with Gasteiger partial charge in [0.05, 0.1) is 0 Å². The van der Waals surface area contributed by atoms with Crippen molar-refractivity contribution in [2.75, 3.05) is 13.1 Å². The lowest BCUT2D eigenvalue weighted by Crippen LogP contribution is -2.36. The third-order valence-corrected chi connectivity index (χ3v) is 5.37. The van der Waals surface area contributed by atoms with E-state index < -0.39 is 0 Å². The minimum Gasteiger partial charge on any atom is -0.350 e. The number of nitrogens with zero attached hydrogens (tertiary/aromatic N) is 2. The fourth-order valence-electron chi connectivity index (χ4n) is 3.77. The molecule has 2 aromatic rings. The van der Waals surface area contributed by atoms with E-state index in [-0.39, 0.29) is 5.91 Å². The van der Waals surface area contributed by atoms with Crippen LogP contribution in [0.3, 0.4) is 0 Å². The van der Waals surface area contributed by atoms with Crippen molar-refractivity contribution >= 4 is 5.91 Å². The Hall–Kier alpha value is -2.14. The van der Waals surface area contributed by atoms with Crippen molar-refractivity contribution in [1.82, 2.24) is 20.4 Å². The van der Waals surface area contributed by atoms with Gasteiger partial charge in [-0.2, -0.15) is 5.10 Å². The maximum absolute atomic E-state index is 12.7. The van der Waals surface area contributed by atoms with Crippen LogP contribution in [0.5, 0.6) is 0 Å². The Kier molecular flexibility index (Phi) is 6.67. The molecule has 3 rings (SSSR count). The number of rotatable bonds is 8. The van der Waals surface area contributed by atoms with E-state index >= 15 is 0 Å². The molecule has 1 aromatic carbocycles. The van der Waals surface area contributed by atoms with Crippen LogP contribution in [0.2, 0.25) is 0 Å². The van der Waals surface area contributed by atoms with Gasteiger partial charge in [0.1, 0.15) is 0 Å². The van der Waals surface area contributed by atoms with Crippen molar-refractivity contribution in [3.8, 4) is 0 Å². The molecule has 1 aromatic heterocycles. The number of amides is 1. The topological polar surface area (TPSA) is 59.0 Å². The van der Waals surface area contributed by atoms with Gasteiger partial charge < -0.3 is 10.6 Å². The summed E-state index contributed by atoms with van der Waals surface area (Å²) in [6.07, 6.45) is 5.00. The Bertz CT molecular complexity index is 751. The van der Waals surface area contributed by atoms with Gasteiger partial charge in [0.2, 0.25) is 0 Å². The zero-order valence-electron chi connectivity index (χ0n) is 16.8. The van der Waals surface area contributed by atoms with Crippen LogP contribution in [0.4, 0.5) is 0 Å². The van der Waals surface area contributed by atoms with Gasteiger partial charge in [0.25, 0.3) is 5.91 Å². The van der Waals surface area contributed by atoms with Crippen LogP contribution < -0.4 is 10.6 Å². The highest BCUT2D eigenvalue weighted by Crippen LogP contribution is 2.24. The highest BCUT2D eigenvalue weighted by molar-refractivity contribution is 5.94. The average molecular weight is 369 g/mol. The van der Waals surface area contributed by atoms with Gasteiger partial charge in [-0.05, 0) is 50.1 Å². The molecule has 1 aliphatic rings. The van der Waals surface area contributed by atoms with Gasteiger partial charge in [0, 0.05) is 30.9 Å². The summed E-state index contributed by atoms with van der Waals surface area (Å²) in [4.78, 5) is 12.7. The van der Waals surface area contributed by atoms with E-state index in [0.717, 1.165) is 37.8 Å². The summed E-state index contributed by atoms with van der Waals surface area (Å²) in [7, 11) is 1.95. The number of hydrogen-bond donors (Lipinski definition) is 2. The highest BCUT2D eigenvalue weighted by atomic mass is 16.1. The number of aryl methyl sites for hydroxylation is 1. The fraction of sp³-hybridized carbons (Fsp3) is 0.545. The molecule has 1 atom stereocenters. The predicted octanol–water partition coefficient (Wildman–Crippen LogP) is 2.89. The van der Waals surface area contributed by atoms with Gasteiger partial charge in [-0.25, -0.2) is 0 Å². The third-order valence-electron chi connectivity index (χ3n) is 5.37. The molecule has 0 saturated heterocycles. The zero-order chi connectivity index (χ0) is 19.2. The lowest BCUT2D eigenvalue weighted by Gasteiger charge is -2.24. The summed E-state index contributed by atoms with van der Waals surface area (Å²) in [5, 5.41) is 11.3. The molecule has 1 aliphatic carbocycles. The average Bonchev–Trinajstić information content (AvgIpc) is 2.98. The first-order chi connectivity index (χ1) is 13.0. The molecule has 1 amide bonds. The van der Waals surface area contributed by atoms with Crippen LogP contribution >= 0.6 is 0 Å². The number of benzene rings is 1. The Balaban J connectivity index is 1.59. The summed E-state index contributed by atoms with van der Waals surface area (Å²) in [6.45, 7) is 6.17. The van der Waals surface area contributed by atoms with Gasteiger partial charge in [-0.1, -0.05) is 44.2 Å². The van der Waals surface area contributed by atoms with E-state index in [0.29, 0.717) is 24.2 Å². The predicted molar refractivity (Wildman–Crippen MR) is 109 cm³/mol. The van der Waals surface area contributed by atoms with Gasteiger partial charge in [-0.15, -0.1) is 0 Å². The fourth-order valence-corrected chi connectivity index (χ4v) is 3.77. The van der Waals surface area contributed by atoms with E-state index in [9.17, 15) is 4.79 Å². The van der Waals surface area contributed by atoms with Crippen LogP contribution in [-0.2, 0) is 26.3 Å². The molecule has 0 saturated carbocycles. The molecule has 2 N–H and O–H groups in total. The molecule has 0 radical (unpaired) electrons. The number of carbonyl (C=O) groups excluding carboxylic acids is 1. The van der Waals surface area contributed by atoms with E-state index in [1.165, 1.54) is 17.7 Å². The Labute approximate surface area is 162 Å². The first kappa shape index (κ1) is 19.6.